The highest BCUT2D eigenvalue weighted by molar-refractivity contribution is 6.33. The van der Waals surface area contributed by atoms with Gasteiger partial charge in [0.15, 0.2) is 0 Å². The minimum Gasteiger partial charge on any atom is -0.380 e. The molecule has 0 fully saturated rings. The Balaban J connectivity index is 2.15. The van der Waals surface area contributed by atoms with E-state index < -0.39 is 4.92 Å². The monoisotopic (exact) mass is 276 g/mol. The summed E-state index contributed by atoms with van der Waals surface area (Å²) in [5.41, 5.74) is 2.83. The zero-order valence-electron chi connectivity index (χ0n) is 10.4. The van der Waals surface area contributed by atoms with E-state index in [1.807, 2.05) is 31.2 Å². The van der Waals surface area contributed by atoms with Crippen molar-refractivity contribution in [1.29, 1.82) is 0 Å². The lowest BCUT2D eigenvalue weighted by molar-refractivity contribution is -0.384. The Hall–Kier alpha value is -2.07. The lowest BCUT2D eigenvalue weighted by atomic mass is 10.1. The van der Waals surface area contributed by atoms with Crippen LogP contribution in [0.3, 0.4) is 0 Å². The highest BCUT2D eigenvalue weighted by atomic mass is 35.5. The van der Waals surface area contributed by atoms with Crippen molar-refractivity contribution in [3.8, 4) is 0 Å². The van der Waals surface area contributed by atoms with Crippen LogP contribution >= 0.6 is 11.6 Å². The average Bonchev–Trinajstić information content (AvgIpc) is 2.38. The third-order valence-corrected chi connectivity index (χ3v) is 3.13. The number of nitrogens with one attached hydrogen (secondary N) is 1. The molecule has 2 rings (SSSR count). The molecule has 0 aliphatic carbocycles. The summed E-state index contributed by atoms with van der Waals surface area (Å²) in [5.74, 6) is 0. The average molecular weight is 277 g/mol. The van der Waals surface area contributed by atoms with Crippen molar-refractivity contribution in [1.82, 2.24) is 0 Å². The molecule has 1 N–H and O–H groups in total. The van der Waals surface area contributed by atoms with Crippen LogP contribution in [0.2, 0.25) is 5.02 Å². The predicted octanol–water partition coefficient (Wildman–Crippen LogP) is 4.17. The van der Waals surface area contributed by atoms with E-state index in [-0.39, 0.29) is 5.69 Å². The molecule has 0 spiro atoms. The van der Waals surface area contributed by atoms with E-state index in [9.17, 15) is 10.1 Å². The van der Waals surface area contributed by atoms with Gasteiger partial charge in [-0.3, -0.25) is 10.1 Å². The van der Waals surface area contributed by atoms with Gasteiger partial charge in [0.1, 0.15) is 0 Å². The van der Waals surface area contributed by atoms with Crippen LogP contribution in [-0.4, -0.2) is 4.92 Å². The molecule has 2 aromatic rings. The van der Waals surface area contributed by atoms with Crippen LogP contribution in [0.15, 0.2) is 42.5 Å². The first kappa shape index (κ1) is 13.4. The summed E-state index contributed by atoms with van der Waals surface area (Å²) in [6.07, 6.45) is 0. The minimum absolute atomic E-state index is 0.0928. The molecule has 0 aliphatic rings. The molecular weight excluding hydrogens is 264 g/mol. The third kappa shape index (κ3) is 3.23. The molecule has 19 heavy (non-hydrogen) atoms. The third-order valence-electron chi connectivity index (χ3n) is 2.81. The predicted molar refractivity (Wildman–Crippen MR) is 76.6 cm³/mol. The van der Waals surface area contributed by atoms with E-state index in [1.54, 1.807) is 12.1 Å². The van der Waals surface area contributed by atoms with Crippen molar-refractivity contribution in [3.63, 3.8) is 0 Å². The van der Waals surface area contributed by atoms with Gasteiger partial charge >= 0.3 is 0 Å². The maximum absolute atomic E-state index is 10.7. The van der Waals surface area contributed by atoms with Gasteiger partial charge in [-0.05, 0) is 24.1 Å². The molecule has 0 amide bonds. The van der Waals surface area contributed by atoms with E-state index in [1.165, 1.54) is 6.07 Å². The molecule has 0 bridgehead atoms. The standard InChI is InChI=1S/C14H13ClN2O2/c1-10-4-2-7-13(15)14(10)16-9-11-5-3-6-12(8-11)17(18)19/h2-8,16H,9H2,1H3. The molecule has 0 atom stereocenters. The molecule has 0 saturated carbocycles. The second kappa shape index (κ2) is 5.71. The highest BCUT2D eigenvalue weighted by Crippen LogP contribution is 2.26. The number of halogens is 1. The lowest BCUT2D eigenvalue weighted by Gasteiger charge is -2.11. The summed E-state index contributed by atoms with van der Waals surface area (Å²) in [6.45, 7) is 2.45. The summed E-state index contributed by atoms with van der Waals surface area (Å²) in [6, 6.07) is 12.2. The summed E-state index contributed by atoms with van der Waals surface area (Å²) >= 11 is 6.11. The molecule has 0 aromatic heterocycles. The highest BCUT2D eigenvalue weighted by Gasteiger charge is 2.07. The van der Waals surface area contributed by atoms with E-state index in [0.717, 1.165) is 16.8 Å². The Morgan fingerprint density at radius 2 is 2.00 bits per heavy atom. The Labute approximate surface area is 116 Å². The Bertz CT molecular complexity index is 594. The van der Waals surface area contributed by atoms with E-state index in [0.29, 0.717) is 11.6 Å². The number of anilines is 1. The van der Waals surface area contributed by atoms with Gasteiger partial charge in [0.25, 0.3) is 5.69 Å². The topological polar surface area (TPSA) is 55.2 Å². The van der Waals surface area contributed by atoms with Crippen LogP contribution in [-0.2, 0) is 6.54 Å². The molecule has 0 unspecified atom stereocenters. The van der Waals surface area contributed by atoms with Crippen LogP contribution in [0.1, 0.15) is 11.1 Å². The van der Waals surface area contributed by atoms with E-state index >= 15 is 0 Å². The van der Waals surface area contributed by atoms with Gasteiger partial charge in [0, 0.05) is 18.7 Å². The molecule has 0 aliphatic heterocycles. The quantitative estimate of drug-likeness (QED) is 0.673. The number of hydrogen-bond acceptors (Lipinski definition) is 3. The van der Waals surface area contributed by atoms with Gasteiger partial charge in [-0.15, -0.1) is 0 Å². The normalized spacial score (nSPS) is 10.2. The maximum Gasteiger partial charge on any atom is 0.269 e. The van der Waals surface area contributed by atoms with E-state index in [4.69, 9.17) is 11.6 Å². The van der Waals surface area contributed by atoms with Crippen molar-refractivity contribution in [2.45, 2.75) is 13.5 Å². The number of benzene rings is 2. The summed E-state index contributed by atoms with van der Waals surface area (Å²) in [5, 5.41) is 14.6. The molecule has 4 nitrogen and oxygen atoms in total. The number of rotatable bonds is 4. The molecule has 5 heteroatoms. The van der Waals surface area contributed by atoms with Crippen LogP contribution in [0.25, 0.3) is 0 Å². The second-order valence-electron chi connectivity index (χ2n) is 4.21. The Morgan fingerprint density at radius 1 is 1.26 bits per heavy atom. The smallest absolute Gasteiger partial charge is 0.269 e. The first-order valence-electron chi connectivity index (χ1n) is 5.80. The van der Waals surface area contributed by atoms with Gasteiger partial charge in [-0.25, -0.2) is 0 Å². The molecule has 98 valence electrons. The molecule has 0 radical (unpaired) electrons. The maximum atomic E-state index is 10.7. The molecule has 0 saturated heterocycles. The largest absolute Gasteiger partial charge is 0.380 e. The van der Waals surface area contributed by atoms with Crippen LogP contribution in [0, 0.1) is 17.0 Å². The summed E-state index contributed by atoms with van der Waals surface area (Å²) in [7, 11) is 0. The van der Waals surface area contributed by atoms with Gasteiger partial charge in [0.2, 0.25) is 0 Å². The van der Waals surface area contributed by atoms with Gasteiger partial charge in [-0.2, -0.15) is 0 Å². The van der Waals surface area contributed by atoms with Crippen LogP contribution < -0.4 is 5.32 Å². The SMILES string of the molecule is Cc1cccc(Cl)c1NCc1cccc([N+](=O)[O-])c1. The fraction of sp³-hybridized carbons (Fsp3) is 0.143. The number of para-hydroxylation sites is 1. The fourth-order valence-corrected chi connectivity index (χ4v) is 2.11. The zero-order valence-corrected chi connectivity index (χ0v) is 11.1. The molecule has 0 heterocycles. The van der Waals surface area contributed by atoms with Gasteiger partial charge < -0.3 is 5.32 Å². The molecule has 2 aromatic carbocycles. The van der Waals surface area contributed by atoms with Crippen LogP contribution in [0.5, 0.6) is 0 Å². The van der Waals surface area contributed by atoms with Crippen molar-refractivity contribution < 1.29 is 4.92 Å². The summed E-state index contributed by atoms with van der Waals surface area (Å²) < 4.78 is 0. The number of hydrogen-bond donors (Lipinski definition) is 1. The van der Waals surface area contributed by atoms with Crippen molar-refractivity contribution in [3.05, 3.63) is 68.7 Å². The fourth-order valence-electron chi connectivity index (χ4n) is 1.83. The minimum atomic E-state index is -0.399. The van der Waals surface area contributed by atoms with Gasteiger partial charge in [-0.1, -0.05) is 35.9 Å². The first-order chi connectivity index (χ1) is 9.08. The second-order valence-corrected chi connectivity index (χ2v) is 4.62. The number of aryl methyl sites for hydroxylation is 1. The van der Waals surface area contributed by atoms with E-state index in [2.05, 4.69) is 5.32 Å². The van der Waals surface area contributed by atoms with Crippen molar-refractivity contribution >= 4 is 23.0 Å². The van der Waals surface area contributed by atoms with Gasteiger partial charge in [0.05, 0.1) is 15.6 Å². The van der Waals surface area contributed by atoms with Crippen LogP contribution in [0.4, 0.5) is 11.4 Å². The zero-order chi connectivity index (χ0) is 13.8. The first-order valence-corrected chi connectivity index (χ1v) is 6.18. The van der Waals surface area contributed by atoms with Crippen molar-refractivity contribution in [2.75, 3.05) is 5.32 Å². The number of nitro benzene ring substituents is 1. The number of nitro groups is 1. The summed E-state index contributed by atoms with van der Waals surface area (Å²) in [4.78, 5) is 10.3. The molecular formula is C14H13ClN2O2. The number of non-ortho nitro benzene ring substituents is 1. The lowest BCUT2D eigenvalue weighted by Crippen LogP contribution is -2.02. The number of nitrogens with zero attached hydrogens (tertiary/aromatic N) is 1. The Morgan fingerprint density at radius 3 is 2.68 bits per heavy atom. The Kier molecular flexibility index (Phi) is 4.02. The van der Waals surface area contributed by atoms with Crippen molar-refractivity contribution in [2.24, 2.45) is 0 Å².